The van der Waals surface area contributed by atoms with E-state index in [9.17, 15) is 0 Å². The van der Waals surface area contributed by atoms with Crippen LogP contribution in [-0.2, 0) is 0 Å². The zero-order chi connectivity index (χ0) is 6.91. The molecule has 2 atom stereocenters. The molecule has 9 heavy (non-hydrogen) atoms. The molecular weight excluding hydrogens is 114 g/mol. The van der Waals surface area contributed by atoms with Crippen LogP contribution in [0.4, 0.5) is 0 Å². The second-order valence-electron chi connectivity index (χ2n) is 2.61. The summed E-state index contributed by atoms with van der Waals surface area (Å²) >= 11 is 0. The summed E-state index contributed by atoms with van der Waals surface area (Å²) in [4.78, 5) is 0. The minimum atomic E-state index is -0.0122. The Labute approximate surface area is 55.6 Å². The summed E-state index contributed by atoms with van der Waals surface area (Å²) in [5.41, 5.74) is -0.0122. The van der Waals surface area contributed by atoms with Crippen molar-refractivity contribution in [3.8, 4) is 0 Å². The molecule has 0 spiro atoms. The fourth-order valence-electron chi connectivity index (χ4n) is 1.19. The molecule has 52 valence electrons. The minimum absolute atomic E-state index is 0.0122. The van der Waals surface area contributed by atoms with Crippen LogP contribution in [0.25, 0.3) is 0 Å². The highest BCUT2D eigenvalue weighted by Gasteiger charge is 2.50. The van der Waals surface area contributed by atoms with Gasteiger partial charge < -0.3 is 10.4 Å². The number of aliphatic hydroxyl groups excluding tert-OH is 1. The molecule has 2 nitrogen and oxygen atoms in total. The second-order valence-corrected chi connectivity index (χ2v) is 2.61. The number of nitrogens with one attached hydrogen (secondary N) is 1. The average Bonchev–Trinajstić information content (AvgIpc) is 2.63. The van der Waals surface area contributed by atoms with Crippen molar-refractivity contribution in [2.45, 2.75) is 12.0 Å². The van der Waals surface area contributed by atoms with Gasteiger partial charge in [0.25, 0.3) is 0 Å². The molecule has 0 amide bonds. The molecule has 1 saturated carbocycles. The molecule has 0 radical (unpaired) electrons. The summed E-state index contributed by atoms with van der Waals surface area (Å²) in [5, 5.41) is 11.9. The highest BCUT2D eigenvalue weighted by molar-refractivity contribution is 5.16. The lowest BCUT2D eigenvalue weighted by atomic mass is 10.2. The van der Waals surface area contributed by atoms with Gasteiger partial charge >= 0.3 is 0 Å². The van der Waals surface area contributed by atoms with E-state index in [1.807, 2.05) is 13.1 Å². The van der Waals surface area contributed by atoms with Crippen LogP contribution in [-0.4, -0.2) is 24.3 Å². The van der Waals surface area contributed by atoms with Crippen molar-refractivity contribution in [1.29, 1.82) is 0 Å². The Morgan fingerprint density at radius 2 is 2.67 bits per heavy atom. The highest BCUT2D eigenvalue weighted by atomic mass is 16.3. The van der Waals surface area contributed by atoms with E-state index in [0.717, 1.165) is 6.42 Å². The minimum Gasteiger partial charge on any atom is -0.394 e. The molecule has 0 aliphatic heterocycles. The molecule has 0 aromatic rings. The van der Waals surface area contributed by atoms with Gasteiger partial charge in [-0.3, -0.25) is 0 Å². The number of likely N-dealkylation sites (N-methyl/N-ethyl adjacent to an activating group) is 1. The Kier molecular flexibility index (Phi) is 1.60. The van der Waals surface area contributed by atoms with Crippen LogP contribution in [0, 0.1) is 5.92 Å². The van der Waals surface area contributed by atoms with Crippen molar-refractivity contribution in [2.75, 3.05) is 13.7 Å². The first kappa shape index (κ1) is 6.78. The van der Waals surface area contributed by atoms with Crippen molar-refractivity contribution in [1.82, 2.24) is 5.32 Å². The number of hydrogen-bond donors (Lipinski definition) is 2. The lowest BCUT2D eigenvalue weighted by Gasteiger charge is -2.09. The first-order valence-corrected chi connectivity index (χ1v) is 3.21. The van der Waals surface area contributed by atoms with E-state index in [-0.39, 0.29) is 12.1 Å². The van der Waals surface area contributed by atoms with Crippen LogP contribution in [0.5, 0.6) is 0 Å². The summed E-state index contributed by atoms with van der Waals surface area (Å²) in [6.07, 6.45) is 2.93. The second kappa shape index (κ2) is 2.12. The predicted octanol–water partition coefficient (Wildman–Crippen LogP) is 0.143. The quantitative estimate of drug-likeness (QED) is 0.529. The first-order valence-electron chi connectivity index (χ1n) is 3.21. The number of rotatable bonds is 3. The van der Waals surface area contributed by atoms with Crippen LogP contribution in [0.2, 0.25) is 0 Å². The third kappa shape index (κ3) is 0.884. The van der Waals surface area contributed by atoms with E-state index in [4.69, 9.17) is 5.11 Å². The molecule has 0 saturated heterocycles. The van der Waals surface area contributed by atoms with E-state index >= 15 is 0 Å². The van der Waals surface area contributed by atoms with E-state index in [1.54, 1.807) is 0 Å². The van der Waals surface area contributed by atoms with Crippen molar-refractivity contribution in [2.24, 2.45) is 5.92 Å². The molecule has 0 aromatic carbocycles. The maximum absolute atomic E-state index is 8.85. The van der Waals surface area contributed by atoms with Crippen molar-refractivity contribution >= 4 is 0 Å². The fourth-order valence-corrected chi connectivity index (χ4v) is 1.19. The van der Waals surface area contributed by atoms with E-state index in [0.29, 0.717) is 5.92 Å². The van der Waals surface area contributed by atoms with Gasteiger partial charge in [-0.15, -0.1) is 6.58 Å². The fraction of sp³-hybridized carbons (Fsp3) is 0.714. The molecule has 1 aliphatic carbocycles. The lowest BCUT2D eigenvalue weighted by molar-refractivity contribution is 0.231. The van der Waals surface area contributed by atoms with Crippen LogP contribution in [0.15, 0.2) is 12.7 Å². The SMILES string of the molecule is C=CC1CC1(CO)NC. The topological polar surface area (TPSA) is 32.3 Å². The van der Waals surface area contributed by atoms with Gasteiger partial charge in [-0.1, -0.05) is 6.08 Å². The Hall–Kier alpha value is -0.340. The van der Waals surface area contributed by atoms with Crippen molar-refractivity contribution in [3.63, 3.8) is 0 Å². The average molecular weight is 127 g/mol. The van der Waals surface area contributed by atoms with E-state index < -0.39 is 0 Å². The Bertz CT molecular complexity index is 118. The molecular formula is C7H13NO. The Balaban J connectivity index is 2.46. The van der Waals surface area contributed by atoms with Gasteiger partial charge in [0.2, 0.25) is 0 Å². The normalized spacial score (nSPS) is 40.4. The molecule has 1 aliphatic rings. The summed E-state index contributed by atoms with van der Waals surface area (Å²) < 4.78 is 0. The van der Waals surface area contributed by atoms with Gasteiger partial charge in [0.05, 0.1) is 6.61 Å². The van der Waals surface area contributed by atoms with Gasteiger partial charge in [-0.25, -0.2) is 0 Å². The van der Waals surface area contributed by atoms with E-state index in [1.165, 1.54) is 0 Å². The molecule has 0 bridgehead atoms. The Morgan fingerprint density at radius 1 is 2.00 bits per heavy atom. The van der Waals surface area contributed by atoms with Gasteiger partial charge in [0.15, 0.2) is 0 Å². The molecule has 2 heteroatoms. The number of hydrogen-bond acceptors (Lipinski definition) is 2. The first-order chi connectivity index (χ1) is 4.29. The van der Waals surface area contributed by atoms with Gasteiger partial charge in [-0.2, -0.15) is 0 Å². The lowest BCUT2D eigenvalue weighted by Crippen LogP contribution is -2.33. The molecule has 2 unspecified atom stereocenters. The monoisotopic (exact) mass is 127 g/mol. The van der Waals surface area contributed by atoms with Crippen LogP contribution >= 0.6 is 0 Å². The molecule has 1 rings (SSSR count). The standard InChI is InChI=1S/C7H13NO/c1-3-6-4-7(6,5-9)8-2/h3,6,8-9H,1,4-5H2,2H3. The number of aliphatic hydroxyl groups is 1. The smallest absolute Gasteiger partial charge is 0.0619 e. The largest absolute Gasteiger partial charge is 0.394 e. The third-order valence-corrected chi connectivity index (χ3v) is 2.20. The zero-order valence-electron chi connectivity index (χ0n) is 5.72. The molecule has 1 fully saturated rings. The van der Waals surface area contributed by atoms with Crippen LogP contribution in [0.1, 0.15) is 6.42 Å². The highest BCUT2D eigenvalue weighted by Crippen LogP contribution is 2.43. The van der Waals surface area contributed by atoms with Gasteiger partial charge in [-0.05, 0) is 19.4 Å². The maximum atomic E-state index is 8.85. The van der Waals surface area contributed by atoms with Crippen LogP contribution in [0.3, 0.4) is 0 Å². The van der Waals surface area contributed by atoms with Crippen LogP contribution < -0.4 is 5.32 Å². The molecule has 0 heterocycles. The molecule has 2 N–H and O–H groups in total. The third-order valence-electron chi connectivity index (χ3n) is 2.20. The van der Waals surface area contributed by atoms with Gasteiger partial charge in [0.1, 0.15) is 0 Å². The predicted molar refractivity (Wildman–Crippen MR) is 37.2 cm³/mol. The van der Waals surface area contributed by atoms with Crippen molar-refractivity contribution < 1.29 is 5.11 Å². The molecule has 0 aromatic heterocycles. The summed E-state index contributed by atoms with van der Waals surface area (Å²) in [7, 11) is 1.87. The van der Waals surface area contributed by atoms with Gasteiger partial charge in [0, 0.05) is 5.54 Å². The maximum Gasteiger partial charge on any atom is 0.0619 e. The van der Waals surface area contributed by atoms with Crippen molar-refractivity contribution in [3.05, 3.63) is 12.7 Å². The Morgan fingerprint density at radius 3 is 2.78 bits per heavy atom. The summed E-state index contributed by atoms with van der Waals surface area (Å²) in [5.74, 6) is 0.479. The summed E-state index contributed by atoms with van der Waals surface area (Å²) in [6, 6.07) is 0. The van der Waals surface area contributed by atoms with E-state index in [2.05, 4.69) is 11.9 Å². The zero-order valence-corrected chi connectivity index (χ0v) is 5.72. The summed E-state index contributed by atoms with van der Waals surface area (Å²) in [6.45, 7) is 3.89.